The van der Waals surface area contributed by atoms with E-state index in [-0.39, 0.29) is 11.9 Å². The molecular weight excluding hydrogens is 370 g/mol. The number of methoxy groups -OCH3 is 1. The summed E-state index contributed by atoms with van der Waals surface area (Å²) in [7, 11) is 1.49. The minimum absolute atomic E-state index is 0.167. The van der Waals surface area contributed by atoms with Crippen LogP contribution in [0.4, 0.5) is 0 Å². The van der Waals surface area contributed by atoms with E-state index < -0.39 is 0 Å². The summed E-state index contributed by atoms with van der Waals surface area (Å²) in [5.41, 5.74) is 9.43. The zero-order chi connectivity index (χ0) is 21.3. The molecule has 1 aromatic heterocycles. The van der Waals surface area contributed by atoms with Gasteiger partial charge in [0.2, 0.25) is 0 Å². The van der Waals surface area contributed by atoms with E-state index in [9.17, 15) is 4.79 Å². The van der Waals surface area contributed by atoms with Crippen molar-refractivity contribution < 1.29 is 9.53 Å². The smallest absolute Gasteiger partial charge is 0.313 e. The van der Waals surface area contributed by atoms with Gasteiger partial charge in [-0.05, 0) is 79.8 Å². The Bertz CT molecular complexity index is 1080. The fourth-order valence-corrected chi connectivity index (χ4v) is 5.00. The van der Waals surface area contributed by atoms with Crippen molar-refractivity contribution in [2.75, 3.05) is 7.11 Å². The second-order valence-corrected chi connectivity index (χ2v) is 8.52. The van der Waals surface area contributed by atoms with Crippen LogP contribution in [0.1, 0.15) is 66.5 Å². The van der Waals surface area contributed by atoms with Crippen molar-refractivity contribution in [3.63, 3.8) is 0 Å². The number of aryl methyl sites for hydroxylation is 4. The molecule has 3 nitrogen and oxygen atoms in total. The van der Waals surface area contributed by atoms with E-state index in [0.29, 0.717) is 0 Å². The monoisotopic (exact) mass is 401 g/mol. The molecule has 0 bridgehead atoms. The molecule has 1 aliphatic rings. The molecule has 1 aliphatic carbocycles. The van der Waals surface area contributed by atoms with Crippen LogP contribution in [0, 0.1) is 13.8 Å². The van der Waals surface area contributed by atoms with Crippen molar-refractivity contribution in [3.05, 3.63) is 64.3 Å². The summed E-state index contributed by atoms with van der Waals surface area (Å²) in [6.07, 6.45) is 6.32. The Balaban J connectivity index is 2.12. The molecule has 0 spiro atoms. The van der Waals surface area contributed by atoms with Crippen molar-refractivity contribution in [2.24, 2.45) is 0 Å². The van der Waals surface area contributed by atoms with Gasteiger partial charge in [0.15, 0.2) is 0 Å². The Morgan fingerprint density at radius 1 is 1.07 bits per heavy atom. The number of hydrogen-bond acceptors (Lipinski definition) is 3. The summed E-state index contributed by atoms with van der Waals surface area (Å²) in [6, 6.07) is 13.1. The first kappa shape index (κ1) is 20.6. The number of pyridine rings is 1. The van der Waals surface area contributed by atoms with E-state index in [4.69, 9.17) is 9.72 Å². The van der Waals surface area contributed by atoms with Gasteiger partial charge in [0, 0.05) is 11.1 Å². The number of nitrogens with zero attached hydrogens (tertiary/aromatic N) is 1. The summed E-state index contributed by atoms with van der Waals surface area (Å²) in [4.78, 5) is 17.9. The van der Waals surface area contributed by atoms with Crippen LogP contribution in [0.3, 0.4) is 0 Å². The lowest BCUT2D eigenvalue weighted by Crippen LogP contribution is -2.18. The topological polar surface area (TPSA) is 39.2 Å². The first-order valence-electron chi connectivity index (χ1n) is 11.1. The first-order valence-corrected chi connectivity index (χ1v) is 11.1. The number of ether oxygens (including phenoxy) is 1. The lowest BCUT2D eigenvalue weighted by atomic mass is 9.80. The SMILES string of the molecule is CCCC(C(=O)OC)c1c(C)nc2ccc3c(c2c1-c1ccc(C)cc1)CCCC3. The lowest BCUT2D eigenvalue weighted by molar-refractivity contribution is -0.142. The zero-order valence-electron chi connectivity index (χ0n) is 18.5. The minimum atomic E-state index is -0.298. The minimum Gasteiger partial charge on any atom is -0.469 e. The number of hydrogen-bond donors (Lipinski definition) is 0. The van der Waals surface area contributed by atoms with Gasteiger partial charge in [-0.2, -0.15) is 0 Å². The fourth-order valence-electron chi connectivity index (χ4n) is 5.00. The average Bonchev–Trinajstić information content (AvgIpc) is 2.77. The molecule has 156 valence electrons. The highest BCUT2D eigenvalue weighted by molar-refractivity contribution is 6.01. The van der Waals surface area contributed by atoms with Crippen molar-refractivity contribution >= 4 is 16.9 Å². The predicted octanol–water partition coefficient (Wildman–Crippen LogP) is 6.45. The van der Waals surface area contributed by atoms with Crippen LogP contribution in [-0.4, -0.2) is 18.1 Å². The average molecular weight is 402 g/mol. The van der Waals surface area contributed by atoms with Gasteiger partial charge < -0.3 is 4.74 Å². The molecule has 30 heavy (non-hydrogen) atoms. The molecule has 0 saturated carbocycles. The lowest BCUT2D eigenvalue weighted by Gasteiger charge is -2.25. The van der Waals surface area contributed by atoms with E-state index >= 15 is 0 Å². The van der Waals surface area contributed by atoms with Crippen LogP contribution in [0.2, 0.25) is 0 Å². The largest absolute Gasteiger partial charge is 0.469 e. The maximum atomic E-state index is 12.9. The highest BCUT2D eigenvalue weighted by Crippen LogP contribution is 2.42. The second kappa shape index (κ2) is 8.59. The molecule has 3 aromatic rings. The summed E-state index contributed by atoms with van der Waals surface area (Å²) < 4.78 is 5.24. The van der Waals surface area contributed by atoms with Crippen molar-refractivity contribution in [1.82, 2.24) is 4.98 Å². The van der Waals surface area contributed by atoms with Crippen molar-refractivity contribution in [3.8, 4) is 11.1 Å². The summed E-state index contributed by atoms with van der Waals surface area (Å²) in [5, 5.41) is 1.24. The van der Waals surface area contributed by atoms with Gasteiger partial charge in [-0.15, -0.1) is 0 Å². The molecule has 1 atom stereocenters. The third-order valence-corrected chi connectivity index (χ3v) is 6.46. The van der Waals surface area contributed by atoms with Gasteiger partial charge in [0.1, 0.15) is 0 Å². The van der Waals surface area contributed by atoms with Crippen LogP contribution in [-0.2, 0) is 22.4 Å². The number of rotatable bonds is 5. The molecule has 0 fully saturated rings. The number of carbonyl (C=O) groups is 1. The Morgan fingerprint density at radius 2 is 1.80 bits per heavy atom. The van der Waals surface area contributed by atoms with Crippen LogP contribution in [0.5, 0.6) is 0 Å². The Kier molecular flexibility index (Phi) is 5.90. The standard InChI is InChI=1S/C27H31NO2/c1-5-8-22(27(29)30-4)24-18(3)28-23-16-15-19-9-6-7-10-21(19)26(23)25(24)20-13-11-17(2)12-14-20/h11-16,22H,5-10H2,1-4H3. The molecule has 0 aliphatic heterocycles. The molecule has 4 rings (SSSR count). The molecule has 0 amide bonds. The quantitative estimate of drug-likeness (QED) is 0.461. The number of esters is 1. The second-order valence-electron chi connectivity index (χ2n) is 8.52. The molecular formula is C27H31NO2. The highest BCUT2D eigenvalue weighted by atomic mass is 16.5. The van der Waals surface area contributed by atoms with E-state index in [1.165, 1.54) is 47.6 Å². The number of benzene rings is 2. The van der Waals surface area contributed by atoms with Crippen LogP contribution < -0.4 is 0 Å². The fraction of sp³-hybridized carbons (Fsp3) is 0.407. The van der Waals surface area contributed by atoms with E-state index in [1.807, 2.05) is 6.92 Å². The van der Waals surface area contributed by atoms with Crippen LogP contribution >= 0.6 is 0 Å². The molecule has 1 unspecified atom stereocenters. The number of fused-ring (bicyclic) bond motifs is 3. The van der Waals surface area contributed by atoms with E-state index in [1.54, 1.807) is 0 Å². The summed E-state index contributed by atoms with van der Waals surface area (Å²) in [5.74, 6) is -0.466. The molecule has 1 heterocycles. The molecule has 3 heteroatoms. The van der Waals surface area contributed by atoms with Crippen LogP contribution in [0.15, 0.2) is 36.4 Å². The van der Waals surface area contributed by atoms with Crippen LogP contribution in [0.25, 0.3) is 22.0 Å². The third kappa shape index (κ3) is 3.62. The Labute approximate surface area is 179 Å². The van der Waals surface area contributed by atoms with Gasteiger partial charge in [-0.3, -0.25) is 9.78 Å². The number of aromatic nitrogens is 1. The van der Waals surface area contributed by atoms with Crippen molar-refractivity contribution in [1.29, 1.82) is 0 Å². The van der Waals surface area contributed by atoms with Crippen molar-refractivity contribution in [2.45, 2.75) is 65.2 Å². The normalized spacial score (nSPS) is 14.4. The van der Waals surface area contributed by atoms with Gasteiger partial charge in [0.25, 0.3) is 0 Å². The zero-order valence-corrected chi connectivity index (χ0v) is 18.5. The molecule has 0 saturated heterocycles. The predicted molar refractivity (Wildman–Crippen MR) is 123 cm³/mol. The first-order chi connectivity index (χ1) is 14.5. The maximum absolute atomic E-state index is 12.9. The molecule has 0 radical (unpaired) electrons. The Morgan fingerprint density at radius 3 is 2.50 bits per heavy atom. The van der Waals surface area contributed by atoms with E-state index in [2.05, 4.69) is 50.2 Å². The van der Waals surface area contributed by atoms with Gasteiger partial charge in [-0.1, -0.05) is 49.2 Å². The van der Waals surface area contributed by atoms with Gasteiger partial charge in [0.05, 0.1) is 18.5 Å². The van der Waals surface area contributed by atoms with Gasteiger partial charge >= 0.3 is 5.97 Å². The summed E-state index contributed by atoms with van der Waals surface area (Å²) >= 11 is 0. The molecule has 2 aromatic carbocycles. The maximum Gasteiger partial charge on any atom is 0.313 e. The Hall–Kier alpha value is -2.68. The van der Waals surface area contributed by atoms with Gasteiger partial charge in [-0.25, -0.2) is 0 Å². The highest BCUT2D eigenvalue weighted by Gasteiger charge is 2.29. The third-order valence-electron chi connectivity index (χ3n) is 6.46. The summed E-state index contributed by atoms with van der Waals surface area (Å²) in [6.45, 7) is 6.27. The number of carbonyl (C=O) groups excluding carboxylic acids is 1. The molecule has 0 N–H and O–H groups in total. The van der Waals surface area contributed by atoms with E-state index in [0.717, 1.165) is 48.0 Å².